The Hall–Kier alpha value is -3.50. The van der Waals surface area contributed by atoms with Crippen molar-refractivity contribution >= 4 is 28.4 Å². The lowest BCUT2D eigenvalue weighted by Crippen LogP contribution is -2.35. The van der Waals surface area contributed by atoms with E-state index in [4.69, 9.17) is 20.2 Å². The fraction of sp³-hybridized carbons (Fsp3) is 0.333. The van der Waals surface area contributed by atoms with Crippen molar-refractivity contribution in [2.45, 2.75) is 18.6 Å². The van der Waals surface area contributed by atoms with Crippen LogP contribution in [0.1, 0.15) is 22.8 Å². The van der Waals surface area contributed by atoms with Gasteiger partial charge in [-0.2, -0.15) is 9.61 Å². The standard InChI is InChI=1S/C21H23N7O3/c1-23-18-8-15(26-21-13(19(22)29)9-25-28(18)21)14-10-27(20-12(14)4-3-6-24-20)16-5-7-31-11-17(16)30-2/h3-4,6,8-10,16-17,23H,5,7,11H2,1-2H3,(H2,22,29)/t16-,17-/m1/s1. The summed E-state index contributed by atoms with van der Waals surface area (Å²) in [5.74, 6) is 0.120. The minimum atomic E-state index is -0.573. The van der Waals surface area contributed by atoms with Gasteiger partial charge in [0, 0.05) is 50.2 Å². The third-order valence-electron chi connectivity index (χ3n) is 5.79. The Morgan fingerprint density at radius 3 is 3.03 bits per heavy atom. The summed E-state index contributed by atoms with van der Waals surface area (Å²) in [5, 5.41) is 8.33. The number of carbonyl (C=O) groups excluding carboxylic acids is 1. The van der Waals surface area contributed by atoms with Crippen LogP contribution in [0.15, 0.2) is 36.8 Å². The second-order valence-electron chi connectivity index (χ2n) is 7.46. The summed E-state index contributed by atoms with van der Waals surface area (Å²) in [5.41, 5.74) is 8.65. The van der Waals surface area contributed by atoms with Crippen LogP contribution < -0.4 is 11.1 Å². The van der Waals surface area contributed by atoms with Gasteiger partial charge in [-0.05, 0) is 18.6 Å². The van der Waals surface area contributed by atoms with Crippen LogP contribution in [0.25, 0.3) is 27.9 Å². The average Bonchev–Trinajstić information content (AvgIpc) is 3.40. The van der Waals surface area contributed by atoms with Crippen LogP contribution in [0.5, 0.6) is 0 Å². The second-order valence-corrected chi connectivity index (χ2v) is 7.46. The van der Waals surface area contributed by atoms with Crippen molar-refractivity contribution in [2.24, 2.45) is 5.73 Å². The molecule has 0 bridgehead atoms. The largest absolute Gasteiger partial charge is 0.379 e. The maximum absolute atomic E-state index is 11.9. The van der Waals surface area contributed by atoms with Gasteiger partial charge in [0.15, 0.2) is 5.65 Å². The summed E-state index contributed by atoms with van der Waals surface area (Å²) in [4.78, 5) is 21.3. The zero-order valence-corrected chi connectivity index (χ0v) is 17.3. The van der Waals surface area contributed by atoms with Crippen molar-refractivity contribution in [2.75, 3.05) is 32.7 Å². The first-order valence-electron chi connectivity index (χ1n) is 10.0. The highest BCUT2D eigenvalue weighted by atomic mass is 16.5. The van der Waals surface area contributed by atoms with Crippen LogP contribution in [0.3, 0.4) is 0 Å². The van der Waals surface area contributed by atoms with Gasteiger partial charge in [-0.25, -0.2) is 9.97 Å². The van der Waals surface area contributed by atoms with Crippen LogP contribution >= 0.6 is 0 Å². The van der Waals surface area contributed by atoms with Crippen LogP contribution in [0.4, 0.5) is 5.82 Å². The van der Waals surface area contributed by atoms with E-state index in [1.807, 2.05) is 18.2 Å². The molecule has 5 heterocycles. The Morgan fingerprint density at radius 2 is 2.26 bits per heavy atom. The Kier molecular flexibility index (Phi) is 4.79. The Bertz CT molecular complexity index is 1280. The zero-order valence-electron chi connectivity index (χ0n) is 17.3. The molecule has 31 heavy (non-hydrogen) atoms. The molecule has 1 saturated heterocycles. The van der Waals surface area contributed by atoms with Crippen LogP contribution in [0, 0.1) is 0 Å². The maximum Gasteiger partial charge on any atom is 0.254 e. The predicted octanol–water partition coefficient (Wildman–Crippen LogP) is 1.86. The summed E-state index contributed by atoms with van der Waals surface area (Å²) >= 11 is 0. The number of amides is 1. The molecule has 1 aliphatic rings. The molecule has 5 rings (SSSR count). The molecule has 1 amide bonds. The van der Waals surface area contributed by atoms with Crippen LogP contribution in [-0.2, 0) is 9.47 Å². The fourth-order valence-electron chi connectivity index (χ4n) is 4.24. The molecule has 0 aliphatic carbocycles. The molecule has 0 aromatic carbocycles. The lowest BCUT2D eigenvalue weighted by atomic mass is 10.1. The van der Waals surface area contributed by atoms with E-state index in [-0.39, 0.29) is 17.7 Å². The van der Waals surface area contributed by atoms with Crippen molar-refractivity contribution in [3.63, 3.8) is 0 Å². The van der Waals surface area contributed by atoms with Gasteiger partial charge in [0.05, 0.1) is 24.5 Å². The normalized spacial score (nSPS) is 19.2. The van der Waals surface area contributed by atoms with E-state index >= 15 is 0 Å². The first-order valence-corrected chi connectivity index (χ1v) is 10.0. The molecular formula is C21H23N7O3. The van der Waals surface area contributed by atoms with E-state index in [0.29, 0.717) is 30.4 Å². The second kappa shape index (κ2) is 7.64. The van der Waals surface area contributed by atoms with E-state index in [2.05, 4.69) is 26.2 Å². The number of carbonyl (C=O) groups is 1. The first-order chi connectivity index (χ1) is 15.1. The highest BCUT2D eigenvalue weighted by Gasteiger charge is 2.29. The number of fused-ring (bicyclic) bond motifs is 2. The number of rotatable bonds is 5. The number of nitrogens with two attached hydrogens (primary N) is 1. The third-order valence-corrected chi connectivity index (χ3v) is 5.79. The minimum absolute atomic E-state index is 0.0705. The van der Waals surface area contributed by atoms with Gasteiger partial charge in [0.2, 0.25) is 0 Å². The Morgan fingerprint density at radius 1 is 1.39 bits per heavy atom. The highest BCUT2D eigenvalue weighted by Crippen LogP contribution is 2.35. The zero-order chi connectivity index (χ0) is 21.5. The van der Waals surface area contributed by atoms with Crippen molar-refractivity contribution in [3.05, 3.63) is 42.4 Å². The molecule has 10 nitrogen and oxygen atoms in total. The number of methoxy groups -OCH3 is 1. The predicted molar refractivity (Wildman–Crippen MR) is 115 cm³/mol. The molecule has 4 aromatic rings. The monoisotopic (exact) mass is 421 g/mol. The Labute approximate surface area is 178 Å². The lowest BCUT2D eigenvalue weighted by Gasteiger charge is -2.31. The van der Waals surface area contributed by atoms with Gasteiger partial charge >= 0.3 is 0 Å². The van der Waals surface area contributed by atoms with Crippen molar-refractivity contribution < 1.29 is 14.3 Å². The molecule has 0 spiro atoms. The lowest BCUT2D eigenvalue weighted by molar-refractivity contribution is -0.0592. The molecule has 2 atom stereocenters. The molecule has 0 saturated carbocycles. The molecule has 0 unspecified atom stereocenters. The maximum atomic E-state index is 11.9. The van der Waals surface area contributed by atoms with Crippen LogP contribution in [0.2, 0.25) is 0 Å². The number of primary amides is 1. The first kappa shape index (κ1) is 19.5. The quantitative estimate of drug-likeness (QED) is 0.504. The van der Waals surface area contributed by atoms with Gasteiger partial charge in [-0.1, -0.05) is 0 Å². The van der Waals surface area contributed by atoms with Gasteiger partial charge in [-0.15, -0.1) is 0 Å². The number of nitrogens with zero attached hydrogens (tertiary/aromatic N) is 5. The highest BCUT2D eigenvalue weighted by molar-refractivity contribution is 6.00. The van der Waals surface area contributed by atoms with Crippen molar-refractivity contribution in [1.82, 2.24) is 24.1 Å². The molecule has 10 heteroatoms. The number of ether oxygens (including phenoxy) is 2. The fourth-order valence-corrected chi connectivity index (χ4v) is 4.24. The number of hydrogen-bond acceptors (Lipinski definition) is 7. The molecule has 3 N–H and O–H groups in total. The minimum Gasteiger partial charge on any atom is -0.379 e. The SMILES string of the molecule is CNc1cc(-c2cn([C@@H]3CCOC[C@H]3OC)c3ncccc23)nc2c(C(N)=O)cnn12. The number of aromatic nitrogens is 5. The molecular weight excluding hydrogens is 398 g/mol. The number of hydrogen-bond donors (Lipinski definition) is 2. The number of pyridine rings is 1. The summed E-state index contributed by atoms with van der Waals surface area (Å²) in [6.45, 7) is 1.20. The van der Waals surface area contributed by atoms with Gasteiger partial charge < -0.3 is 25.1 Å². The molecule has 160 valence electrons. The van der Waals surface area contributed by atoms with Crippen molar-refractivity contribution in [3.8, 4) is 11.3 Å². The third kappa shape index (κ3) is 3.11. The molecule has 1 aliphatic heterocycles. The van der Waals surface area contributed by atoms with E-state index in [9.17, 15) is 4.79 Å². The van der Waals surface area contributed by atoms with Crippen LogP contribution in [-0.4, -0.2) is 63.5 Å². The smallest absolute Gasteiger partial charge is 0.254 e. The summed E-state index contributed by atoms with van der Waals surface area (Å²) in [6.07, 6.45) is 6.02. The van der Waals surface area contributed by atoms with Crippen molar-refractivity contribution in [1.29, 1.82) is 0 Å². The topological polar surface area (TPSA) is 122 Å². The van der Waals surface area contributed by atoms with E-state index in [1.165, 1.54) is 6.20 Å². The summed E-state index contributed by atoms with van der Waals surface area (Å²) < 4.78 is 15.0. The average molecular weight is 421 g/mol. The van der Waals surface area contributed by atoms with Gasteiger partial charge in [0.25, 0.3) is 5.91 Å². The van der Waals surface area contributed by atoms with Gasteiger partial charge in [0.1, 0.15) is 23.1 Å². The summed E-state index contributed by atoms with van der Waals surface area (Å²) in [7, 11) is 3.49. The molecule has 4 aromatic heterocycles. The van der Waals surface area contributed by atoms with E-state index < -0.39 is 5.91 Å². The molecule has 1 fully saturated rings. The van der Waals surface area contributed by atoms with E-state index in [0.717, 1.165) is 23.0 Å². The van der Waals surface area contributed by atoms with Gasteiger partial charge in [-0.3, -0.25) is 4.79 Å². The molecule has 0 radical (unpaired) electrons. The van der Waals surface area contributed by atoms with E-state index in [1.54, 1.807) is 24.9 Å². The Balaban J connectivity index is 1.73. The summed E-state index contributed by atoms with van der Waals surface area (Å²) in [6, 6.07) is 5.91. The number of anilines is 1. The number of nitrogens with one attached hydrogen (secondary N) is 1.